The SMILES string of the molecule is ClCCCNCC1CCOc2ccccc21. The number of halogens is 1. The summed E-state index contributed by atoms with van der Waals surface area (Å²) in [6, 6.07) is 8.34. The van der Waals surface area contributed by atoms with Crippen molar-refractivity contribution in [2.24, 2.45) is 0 Å². The van der Waals surface area contributed by atoms with E-state index in [-0.39, 0.29) is 0 Å². The van der Waals surface area contributed by atoms with Crippen molar-refractivity contribution in [2.45, 2.75) is 18.8 Å². The van der Waals surface area contributed by atoms with E-state index in [2.05, 4.69) is 23.5 Å². The Morgan fingerprint density at radius 2 is 2.25 bits per heavy atom. The molecule has 16 heavy (non-hydrogen) atoms. The van der Waals surface area contributed by atoms with Gasteiger partial charge in [0.25, 0.3) is 0 Å². The topological polar surface area (TPSA) is 21.3 Å². The van der Waals surface area contributed by atoms with Crippen molar-refractivity contribution in [1.29, 1.82) is 0 Å². The van der Waals surface area contributed by atoms with Crippen molar-refractivity contribution in [3.8, 4) is 5.75 Å². The van der Waals surface area contributed by atoms with E-state index in [0.717, 1.165) is 44.2 Å². The molecule has 1 aromatic rings. The molecule has 1 aliphatic rings. The molecule has 1 aromatic carbocycles. The third kappa shape index (κ3) is 2.89. The van der Waals surface area contributed by atoms with Gasteiger partial charge in [-0.2, -0.15) is 0 Å². The van der Waals surface area contributed by atoms with Gasteiger partial charge in [-0.15, -0.1) is 11.6 Å². The summed E-state index contributed by atoms with van der Waals surface area (Å²) < 4.78 is 5.63. The Morgan fingerprint density at radius 1 is 1.38 bits per heavy atom. The van der Waals surface area contributed by atoms with Crippen molar-refractivity contribution in [3.63, 3.8) is 0 Å². The molecule has 0 fully saturated rings. The van der Waals surface area contributed by atoms with Gasteiger partial charge < -0.3 is 10.1 Å². The lowest BCUT2D eigenvalue weighted by molar-refractivity contribution is 0.265. The Hall–Kier alpha value is -0.730. The second-order valence-electron chi connectivity index (χ2n) is 4.12. The van der Waals surface area contributed by atoms with Crippen LogP contribution < -0.4 is 10.1 Å². The van der Waals surface area contributed by atoms with E-state index < -0.39 is 0 Å². The van der Waals surface area contributed by atoms with Gasteiger partial charge in [0, 0.05) is 18.3 Å². The van der Waals surface area contributed by atoms with Crippen LogP contribution in [-0.4, -0.2) is 25.6 Å². The fourth-order valence-corrected chi connectivity index (χ4v) is 2.23. The number of rotatable bonds is 5. The van der Waals surface area contributed by atoms with Crippen molar-refractivity contribution in [1.82, 2.24) is 5.32 Å². The largest absolute Gasteiger partial charge is 0.493 e. The Balaban J connectivity index is 1.91. The first-order chi connectivity index (χ1) is 7.92. The summed E-state index contributed by atoms with van der Waals surface area (Å²) in [5, 5.41) is 3.46. The monoisotopic (exact) mass is 239 g/mol. The summed E-state index contributed by atoms with van der Waals surface area (Å²) in [5.74, 6) is 2.37. The molecular formula is C13H18ClNO. The number of benzene rings is 1. The molecule has 0 aromatic heterocycles. The van der Waals surface area contributed by atoms with Crippen LogP contribution in [0.2, 0.25) is 0 Å². The van der Waals surface area contributed by atoms with Gasteiger partial charge in [0.05, 0.1) is 6.61 Å². The third-order valence-electron chi connectivity index (χ3n) is 2.96. The molecule has 1 atom stereocenters. The fourth-order valence-electron chi connectivity index (χ4n) is 2.10. The van der Waals surface area contributed by atoms with Crippen molar-refractivity contribution in [3.05, 3.63) is 29.8 Å². The van der Waals surface area contributed by atoms with Crippen LogP contribution in [0.4, 0.5) is 0 Å². The first-order valence-electron chi connectivity index (χ1n) is 5.90. The number of hydrogen-bond acceptors (Lipinski definition) is 2. The summed E-state index contributed by atoms with van der Waals surface area (Å²) in [6.45, 7) is 2.86. The second kappa shape index (κ2) is 6.12. The Labute approximate surface area is 102 Å². The molecule has 2 rings (SSSR count). The minimum Gasteiger partial charge on any atom is -0.493 e. The van der Waals surface area contributed by atoms with Crippen LogP contribution in [0.25, 0.3) is 0 Å². The number of ether oxygens (including phenoxy) is 1. The smallest absolute Gasteiger partial charge is 0.122 e. The van der Waals surface area contributed by atoms with E-state index in [9.17, 15) is 0 Å². The van der Waals surface area contributed by atoms with Crippen LogP contribution in [0, 0.1) is 0 Å². The highest BCUT2D eigenvalue weighted by Crippen LogP contribution is 2.32. The van der Waals surface area contributed by atoms with Crippen molar-refractivity contribution in [2.75, 3.05) is 25.6 Å². The van der Waals surface area contributed by atoms with Crippen LogP contribution in [0.5, 0.6) is 5.75 Å². The molecule has 1 N–H and O–H groups in total. The molecule has 88 valence electrons. The first kappa shape index (κ1) is 11.7. The van der Waals surface area contributed by atoms with E-state index in [1.807, 2.05) is 6.07 Å². The van der Waals surface area contributed by atoms with Crippen LogP contribution in [0.15, 0.2) is 24.3 Å². The van der Waals surface area contributed by atoms with E-state index >= 15 is 0 Å². The fraction of sp³-hybridized carbons (Fsp3) is 0.538. The zero-order chi connectivity index (χ0) is 11.2. The highest BCUT2D eigenvalue weighted by Gasteiger charge is 2.20. The molecule has 1 aliphatic heterocycles. The maximum atomic E-state index is 5.64. The average molecular weight is 240 g/mol. The molecule has 0 radical (unpaired) electrons. The van der Waals surface area contributed by atoms with Gasteiger partial charge in [-0.1, -0.05) is 18.2 Å². The molecule has 0 aliphatic carbocycles. The quantitative estimate of drug-likeness (QED) is 0.630. The summed E-state index contributed by atoms with van der Waals surface area (Å²) >= 11 is 5.64. The molecule has 1 heterocycles. The molecule has 1 unspecified atom stereocenters. The van der Waals surface area contributed by atoms with E-state index in [1.54, 1.807) is 0 Å². The van der Waals surface area contributed by atoms with Gasteiger partial charge in [-0.25, -0.2) is 0 Å². The Kier molecular flexibility index (Phi) is 4.49. The lowest BCUT2D eigenvalue weighted by Crippen LogP contribution is -2.26. The van der Waals surface area contributed by atoms with Gasteiger partial charge in [0.2, 0.25) is 0 Å². The lowest BCUT2D eigenvalue weighted by Gasteiger charge is -2.26. The van der Waals surface area contributed by atoms with E-state index in [4.69, 9.17) is 16.3 Å². The molecule has 2 nitrogen and oxygen atoms in total. The average Bonchev–Trinajstić information content (AvgIpc) is 2.35. The van der Waals surface area contributed by atoms with Gasteiger partial charge in [0.15, 0.2) is 0 Å². The Morgan fingerprint density at radius 3 is 3.12 bits per heavy atom. The number of hydrogen-bond donors (Lipinski definition) is 1. The van der Waals surface area contributed by atoms with Crippen LogP contribution in [-0.2, 0) is 0 Å². The van der Waals surface area contributed by atoms with Crippen LogP contribution >= 0.6 is 11.6 Å². The molecule has 0 saturated heterocycles. The molecule has 0 saturated carbocycles. The molecule has 0 bridgehead atoms. The third-order valence-corrected chi connectivity index (χ3v) is 3.23. The number of para-hydroxylation sites is 1. The number of nitrogens with one attached hydrogen (secondary N) is 1. The lowest BCUT2D eigenvalue weighted by atomic mass is 9.93. The predicted molar refractivity (Wildman–Crippen MR) is 67.5 cm³/mol. The van der Waals surface area contributed by atoms with Crippen LogP contribution in [0.1, 0.15) is 24.3 Å². The summed E-state index contributed by atoms with van der Waals surface area (Å²) in [7, 11) is 0. The predicted octanol–water partition coefficient (Wildman–Crippen LogP) is 2.77. The standard InChI is InChI=1S/C13H18ClNO/c14-7-3-8-15-10-11-6-9-16-13-5-2-1-4-12(11)13/h1-2,4-5,11,15H,3,6-10H2. The minimum absolute atomic E-state index is 0.584. The summed E-state index contributed by atoms with van der Waals surface area (Å²) in [6.07, 6.45) is 2.14. The van der Waals surface area contributed by atoms with Gasteiger partial charge in [-0.3, -0.25) is 0 Å². The molecule has 0 amide bonds. The highest BCUT2D eigenvalue weighted by molar-refractivity contribution is 6.17. The van der Waals surface area contributed by atoms with E-state index in [0.29, 0.717) is 5.92 Å². The van der Waals surface area contributed by atoms with Gasteiger partial charge in [-0.05, 0) is 31.0 Å². The highest BCUT2D eigenvalue weighted by atomic mass is 35.5. The van der Waals surface area contributed by atoms with Gasteiger partial charge >= 0.3 is 0 Å². The van der Waals surface area contributed by atoms with E-state index in [1.165, 1.54) is 5.56 Å². The van der Waals surface area contributed by atoms with Crippen molar-refractivity contribution >= 4 is 11.6 Å². The maximum absolute atomic E-state index is 5.64. The number of fused-ring (bicyclic) bond motifs is 1. The second-order valence-corrected chi connectivity index (χ2v) is 4.50. The molecule has 3 heteroatoms. The normalized spacial score (nSPS) is 18.9. The minimum atomic E-state index is 0.584. The molecule has 0 spiro atoms. The summed E-state index contributed by atoms with van der Waals surface area (Å²) in [4.78, 5) is 0. The van der Waals surface area contributed by atoms with Crippen LogP contribution in [0.3, 0.4) is 0 Å². The molecular weight excluding hydrogens is 222 g/mol. The zero-order valence-electron chi connectivity index (χ0n) is 9.42. The maximum Gasteiger partial charge on any atom is 0.122 e. The van der Waals surface area contributed by atoms with Gasteiger partial charge in [0.1, 0.15) is 5.75 Å². The van der Waals surface area contributed by atoms with Crippen molar-refractivity contribution < 1.29 is 4.74 Å². The first-order valence-corrected chi connectivity index (χ1v) is 6.43. The Bertz CT molecular complexity index is 329. The summed E-state index contributed by atoms with van der Waals surface area (Å²) in [5.41, 5.74) is 1.34. The zero-order valence-corrected chi connectivity index (χ0v) is 10.2. The number of alkyl halides is 1.